The summed E-state index contributed by atoms with van der Waals surface area (Å²) in [6.07, 6.45) is 0.908. The summed E-state index contributed by atoms with van der Waals surface area (Å²) in [5.74, 6) is -0.0275. The van der Waals surface area contributed by atoms with Crippen LogP contribution in [0.15, 0.2) is 24.3 Å². The van der Waals surface area contributed by atoms with E-state index in [1.54, 1.807) is 12.0 Å². The van der Waals surface area contributed by atoms with Crippen molar-refractivity contribution in [1.29, 1.82) is 0 Å². The van der Waals surface area contributed by atoms with Crippen molar-refractivity contribution < 1.29 is 23.9 Å². The third kappa shape index (κ3) is 3.06. The highest BCUT2D eigenvalue weighted by Crippen LogP contribution is 2.37. The minimum Gasteiger partial charge on any atom is -0.496 e. The van der Waals surface area contributed by atoms with E-state index in [4.69, 9.17) is 9.47 Å². The molecule has 7 nitrogen and oxygen atoms in total. The van der Waals surface area contributed by atoms with Crippen molar-refractivity contribution in [3.8, 4) is 5.75 Å². The summed E-state index contributed by atoms with van der Waals surface area (Å²) in [6, 6.07) is 7.46. The largest absolute Gasteiger partial charge is 0.496 e. The van der Waals surface area contributed by atoms with Crippen LogP contribution in [0.3, 0.4) is 0 Å². The van der Waals surface area contributed by atoms with Crippen LogP contribution in [0.2, 0.25) is 0 Å². The van der Waals surface area contributed by atoms with Crippen LogP contribution in [0.5, 0.6) is 5.75 Å². The Morgan fingerprint density at radius 2 is 2.04 bits per heavy atom. The fourth-order valence-corrected chi connectivity index (χ4v) is 3.42. The number of likely N-dealkylation sites (tertiary alicyclic amines) is 1. The first kappa shape index (κ1) is 17.3. The number of para-hydroxylation sites is 1. The van der Waals surface area contributed by atoms with E-state index in [9.17, 15) is 14.4 Å². The molecule has 2 heterocycles. The molecule has 7 heteroatoms. The van der Waals surface area contributed by atoms with Crippen LogP contribution in [0.1, 0.15) is 38.3 Å². The molecule has 0 spiro atoms. The van der Waals surface area contributed by atoms with Crippen molar-refractivity contribution in [3.05, 3.63) is 29.8 Å². The Labute approximate surface area is 146 Å². The van der Waals surface area contributed by atoms with E-state index >= 15 is 0 Å². The lowest BCUT2D eigenvalue weighted by Gasteiger charge is -2.27. The number of rotatable bonds is 4. The number of ether oxygens (including phenoxy) is 2. The summed E-state index contributed by atoms with van der Waals surface area (Å²) in [5, 5.41) is 0. The van der Waals surface area contributed by atoms with Gasteiger partial charge in [0, 0.05) is 12.1 Å². The van der Waals surface area contributed by atoms with Gasteiger partial charge in [0.1, 0.15) is 12.3 Å². The molecular weight excluding hydrogens is 324 g/mol. The van der Waals surface area contributed by atoms with Crippen LogP contribution < -0.4 is 4.74 Å². The standard InChI is InChI=1S/C18H22N2O5/c1-18(2)16(22)20(17(23)25-18)11-15(21)19-10-6-8-13(19)12-7-4-5-9-14(12)24-3/h4-5,7,9,13H,6,8,10-11H2,1-3H3. The zero-order valence-corrected chi connectivity index (χ0v) is 14.7. The van der Waals surface area contributed by atoms with Gasteiger partial charge in [-0.2, -0.15) is 0 Å². The van der Waals surface area contributed by atoms with Gasteiger partial charge in [0.15, 0.2) is 5.60 Å². The second-order valence-corrected chi connectivity index (χ2v) is 6.76. The van der Waals surface area contributed by atoms with Crippen LogP contribution >= 0.6 is 0 Å². The highest BCUT2D eigenvalue weighted by molar-refractivity contribution is 6.04. The minimum absolute atomic E-state index is 0.120. The molecule has 0 saturated carbocycles. The van der Waals surface area contributed by atoms with Crippen LogP contribution in [0.4, 0.5) is 4.79 Å². The molecule has 1 atom stereocenters. The smallest absolute Gasteiger partial charge is 0.418 e. The molecule has 0 aliphatic carbocycles. The second kappa shape index (κ2) is 6.38. The first-order valence-electron chi connectivity index (χ1n) is 8.32. The Morgan fingerprint density at radius 3 is 2.68 bits per heavy atom. The summed E-state index contributed by atoms with van der Waals surface area (Å²) in [6.45, 7) is 3.32. The third-order valence-corrected chi connectivity index (χ3v) is 4.69. The third-order valence-electron chi connectivity index (χ3n) is 4.69. The van der Waals surface area contributed by atoms with Gasteiger partial charge in [-0.05, 0) is 32.8 Å². The van der Waals surface area contributed by atoms with E-state index in [-0.39, 0.29) is 18.5 Å². The Kier molecular flexibility index (Phi) is 4.41. The Hall–Kier alpha value is -2.57. The molecule has 2 aliphatic rings. The number of methoxy groups -OCH3 is 1. The molecule has 0 N–H and O–H groups in total. The van der Waals surface area contributed by atoms with Gasteiger partial charge >= 0.3 is 6.09 Å². The molecule has 134 valence electrons. The summed E-state index contributed by atoms with van der Waals surface area (Å²) >= 11 is 0. The van der Waals surface area contributed by atoms with Gasteiger partial charge in [0.05, 0.1) is 13.2 Å². The molecule has 3 rings (SSSR count). The van der Waals surface area contributed by atoms with E-state index < -0.39 is 17.6 Å². The lowest BCUT2D eigenvalue weighted by molar-refractivity contribution is -0.140. The molecule has 3 amide bonds. The topological polar surface area (TPSA) is 76.2 Å². The number of hydrogen-bond donors (Lipinski definition) is 0. The molecule has 0 bridgehead atoms. The second-order valence-electron chi connectivity index (χ2n) is 6.76. The number of carbonyl (C=O) groups is 3. The van der Waals surface area contributed by atoms with Crippen molar-refractivity contribution in [3.63, 3.8) is 0 Å². The Balaban J connectivity index is 1.78. The lowest BCUT2D eigenvalue weighted by Crippen LogP contribution is -2.44. The Bertz CT molecular complexity index is 715. The lowest BCUT2D eigenvalue weighted by atomic mass is 10.0. The first-order chi connectivity index (χ1) is 11.8. The number of imide groups is 1. The van der Waals surface area contributed by atoms with E-state index in [0.717, 1.165) is 29.1 Å². The van der Waals surface area contributed by atoms with Crippen LogP contribution in [0.25, 0.3) is 0 Å². The highest BCUT2D eigenvalue weighted by atomic mass is 16.6. The Morgan fingerprint density at radius 1 is 1.32 bits per heavy atom. The highest BCUT2D eigenvalue weighted by Gasteiger charge is 2.48. The first-order valence-corrected chi connectivity index (χ1v) is 8.32. The number of nitrogens with zero attached hydrogens (tertiary/aromatic N) is 2. The minimum atomic E-state index is -1.22. The molecule has 1 unspecified atom stereocenters. The summed E-state index contributed by atoms with van der Waals surface area (Å²) < 4.78 is 10.4. The van der Waals surface area contributed by atoms with Crippen molar-refractivity contribution in [2.45, 2.75) is 38.3 Å². The van der Waals surface area contributed by atoms with Gasteiger partial charge in [0.25, 0.3) is 5.91 Å². The molecule has 2 fully saturated rings. The monoisotopic (exact) mass is 346 g/mol. The van der Waals surface area contributed by atoms with E-state index in [0.29, 0.717) is 6.54 Å². The number of hydrogen-bond acceptors (Lipinski definition) is 5. The predicted molar refractivity (Wildman–Crippen MR) is 89.0 cm³/mol. The van der Waals surface area contributed by atoms with Gasteiger partial charge in [-0.25, -0.2) is 9.69 Å². The van der Waals surface area contributed by atoms with Gasteiger partial charge < -0.3 is 14.4 Å². The van der Waals surface area contributed by atoms with Crippen molar-refractivity contribution >= 4 is 17.9 Å². The van der Waals surface area contributed by atoms with Gasteiger partial charge in [0.2, 0.25) is 5.91 Å². The summed E-state index contributed by atoms with van der Waals surface area (Å²) in [5.41, 5.74) is -0.281. The maximum Gasteiger partial charge on any atom is 0.418 e. The van der Waals surface area contributed by atoms with Crippen LogP contribution in [-0.4, -0.2) is 53.5 Å². The molecule has 2 aliphatic heterocycles. The van der Waals surface area contributed by atoms with Crippen LogP contribution in [-0.2, 0) is 14.3 Å². The van der Waals surface area contributed by atoms with E-state index in [2.05, 4.69) is 0 Å². The van der Waals surface area contributed by atoms with Gasteiger partial charge in [-0.1, -0.05) is 18.2 Å². The van der Waals surface area contributed by atoms with Gasteiger partial charge in [-0.3, -0.25) is 9.59 Å². The maximum absolute atomic E-state index is 12.8. The summed E-state index contributed by atoms with van der Waals surface area (Å²) in [7, 11) is 1.60. The maximum atomic E-state index is 12.8. The average Bonchev–Trinajstić information content (AvgIpc) is 3.13. The van der Waals surface area contributed by atoms with Crippen molar-refractivity contribution in [2.24, 2.45) is 0 Å². The fourth-order valence-electron chi connectivity index (χ4n) is 3.42. The van der Waals surface area contributed by atoms with Gasteiger partial charge in [-0.15, -0.1) is 0 Å². The molecular formula is C18H22N2O5. The average molecular weight is 346 g/mol. The number of amides is 3. The van der Waals surface area contributed by atoms with Crippen LogP contribution in [0, 0.1) is 0 Å². The summed E-state index contributed by atoms with van der Waals surface area (Å²) in [4.78, 5) is 39.5. The molecule has 2 saturated heterocycles. The number of cyclic esters (lactones) is 1. The van der Waals surface area contributed by atoms with E-state index in [1.807, 2.05) is 24.3 Å². The van der Waals surface area contributed by atoms with Crippen molar-refractivity contribution in [2.75, 3.05) is 20.2 Å². The number of carbonyl (C=O) groups excluding carboxylic acids is 3. The molecule has 1 aromatic carbocycles. The quantitative estimate of drug-likeness (QED) is 0.835. The SMILES string of the molecule is COc1ccccc1C1CCCN1C(=O)CN1C(=O)OC(C)(C)C1=O. The normalized spacial score (nSPS) is 22.3. The predicted octanol–water partition coefficient (Wildman–Crippen LogP) is 2.12. The number of benzene rings is 1. The van der Waals surface area contributed by atoms with E-state index in [1.165, 1.54) is 13.8 Å². The fraction of sp³-hybridized carbons (Fsp3) is 0.500. The molecule has 0 radical (unpaired) electrons. The van der Waals surface area contributed by atoms with Crippen molar-refractivity contribution in [1.82, 2.24) is 9.80 Å². The molecule has 1 aromatic rings. The molecule has 0 aromatic heterocycles. The zero-order valence-electron chi connectivity index (χ0n) is 14.7. The zero-order chi connectivity index (χ0) is 18.2. The molecule has 25 heavy (non-hydrogen) atoms.